The third-order valence-corrected chi connectivity index (χ3v) is 5.60. The van der Waals surface area contributed by atoms with Crippen molar-refractivity contribution in [3.05, 3.63) is 72.1 Å². The molecule has 1 atom stereocenters. The molecule has 154 valence electrons. The Bertz CT molecular complexity index is 1070. The molecule has 2 amide bonds. The fraction of sp³-hybridized carbons (Fsp3) is 0.292. The molecular weight excluding hydrogens is 376 g/mol. The molecule has 0 spiro atoms. The zero-order valence-corrected chi connectivity index (χ0v) is 17.3. The summed E-state index contributed by atoms with van der Waals surface area (Å²) >= 11 is 0. The number of likely N-dealkylation sites (tertiary alicyclic amines) is 1. The van der Waals surface area contributed by atoms with Crippen LogP contribution in [0, 0.1) is 12.8 Å². The second kappa shape index (κ2) is 8.53. The van der Waals surface area contributed by atoms with Crippen molar-refractivity contribution in [3.8, 4) is 11.1 Å². The molecule has 0 saturated carbocycles. The third-order valence-electron chi connectivity index (χ3n) is 5.60. The molecular formula is C24H26N4O2. The van der Waals surface area contributed by atoms with Gasteiger partial charge in [0.25, 0.3) is 5.91 Å². The highest BCUT2D eigenvalue weighted by molar-refractivity contribution is 5.95. The summed E-state index contributed by atoms with van der Waals surface area (Å²) in [7, 11) is 1.75. The Hall–Kier alpha value is -3.41. The Labute approximate surface area is 176 Å². The van der Waals surface area contributed by atoms with E-state index < -0.39 is 0 Å². The number of anilines is 1. The number of aryl methyl sites for hydroxylation is 2. The van der Waals surface area contributed by atoms with E-state index in [9.17, 15) is 9.59 Å². The van der Waals surface area contributed by atoms with E-state index in [-0.39, 0.29) is 17.7 Å². The summed E-state index contributed by atoms with van der Waals surface area (Å²) in [5, 5.41) is 7.12. The van der Waals surface area contributed by atoms with Crippen molar-refractivity contribution >= 4 is 17.5 Å². The minimum Gasteiger partial charge on any atom is -0.337 e. The van der Waals surface area contributed by atoms with Crippen LogP contribution in [-0.2, 0) is 11.8 Å². The molecule has 0 radical (unpaired) electrons. The Morgan fingerprint density at radius 1 is 1.07 bits per heavy atom. The second-order valence-electron chi connectivity index (χ2n) is 7.87. The zero-order chi connectivity index (χ0) is 21.1. The average molecular weight is 402 g/mol. The summed E-state index contributed by atoms with van der Waals surface area (Å²) in [6.45, 7) is 3.15. The Balaban J connectivity index is 1.44. The van der Waals surface area contributed by atoms with Crippen LogP contribution in [-0.4, -0.2) is 39.6 Å². The van der Waals surface area contributed by atoms with E-state index in [2.05, 4.69) is 35.5 Å². The molecule has 2 aromatic carbocycles. The van der Waals surface area contributed by atoms with Crippen molar-refractivity contribution < 1.29 is 9.59 Å². The van der Waals surface area contributed by atoms with E-state index in [0.29, 0.717) is 18.8 Å². The highest BCUT2D eigenvalue weighted by Crippen LogP contribution is 2.25. The fourth-order valence-electron chi connectivity index (χ4n) is 3.97. The van der Waals surface area contributed by atoms with Gasteiger partial charge in [-0.05, 0) is 49.1 Å². The molecule has 30 heavy (non-hydrogen) atoms. The molecule has 3 aromatic rings. The van der Waals surface area contributed by atoms with Gasteiger partial charge in [-0.2, -0.15) is 5.10 Å². The van der Waals surface area contributed by atoms with E-state index in [4.69, 9.17) is 0 Å². The SMILES string of the molecule is Cc1cccc(-c2cccc(NC(=O)C3CCCN(C(=O)c4ccnn4C)C3)c2)c1. The molecule has 0 aliphatic carbocycles. The first-order valence-corrected chi connectivity index (χ1v) is 10.3. The normalized spacial score (nSPS) is 16.3. The number of carbonyl (C=O) groups is 2. The number of aromatic nitrogens is 2. The number of nitrogens with zero attached hydrogens (tertiary/aromatic N) is 3. The van der Waals surface area contributed by atoms with Crippen LogP contribution in [0.15, 0.2) is 60.8 Å². The Morgan fingerprint density at radius 3 is 2.57 bits per heavy atom. The van der Waals surface area contributed by atoms with Crippen molar-refractivity contribution in [2.45, 2.75) is 19.8 Å². The summed E-state index contributed by atoms with van der Waals surface area (Å²) in [6.07, 6.45) is 3.20. The predicted molar refractivity (Wildman–Crippen MR) is 117 cm³/mol. The number of piperidine rings is 1. The Kier molecular flexibility index (Phi) is 5.65. The standard InChI is InChI=1S/C24H26N4O2/c1-17-6-3-7-18(14-17)19-8-4-10-21(15-19)26-23(29)20-9-5-13-28(16-20)24(30)22-11-12-25-27(22)2/h3-4,6-8,10-12,14-15,20H,5,9,13,16H2,1-2H3,(H,26,29). The quantitative estimate of drug-likeness (QED) is 0.720. The molecule has 1 aliphatic rings. The number of hydrogen-bond donors (Lipinski definition) is 1. The minimum absolute atomic E-state index is 0.0427. The molecule has 6 heteroatoms. The molecule has 2 heterocycles. The highest BCUT2D eigenvalue weighted by Gasteiger charge is 2.30. The molecule has 1 aliphatic heterocycles. The lowest BCUT2D eigenvalue weighted by Crippen LogP contribution is -2.44. The minimum atomic E-state index is -0.224. The molecule has 1 aromatic heterocycles. The molecule has 1 N–H and O–H groups in total. The van der Waals surface area contributed by atoms with Crippen molar-refractivity contribution in [2.24, 2.45) is 13.0 Å². The number of carbonyl (C=O) groups excluding carboxylic acids is 2. The lowest BCUT2D eigenvalue weighted by molar-refractivity contribution is -0.121. The van der Waals surface area contributed by atoms with E-state index in [1.165, 1.54) is 5.56 Å². The maximum atomic E-state index is 12.9. The van der Waals surface area contributed by atoms with Gasteiger partial charge in [-0.3, -0.25) is 14.3 Å². The van der Waals surface area contributed by atoms with Crippen molar-refractivity contribution in [3.63, 3.8) is 0 Å². The molecule has 1 fully saturated rings. The van der Waals surface area contributed by atoms with E-state index in [1.54, 1.807) is 28.9 Å². The highest BCUT2D eigenvalue weighted by atomic mass is 16.2. The summed E-state index contributed by atoms with van der Waals surface area (Å²) < 4.78 is 1.57. The monoisotopic (exact) mass is 402 g/mol. The zero-order valence-electron chi connectivity index (χ0n) is 17.3. The first-order valence-electron chi connectivity index (χ1n) is 10.3. The topological polar surface area (TPSA) is 67.2 Å². The van der Waals surface area contributed by atoms with Gasteiger partial charge in [-0.15, -0.1) is 0 Å². The van der Waals surface area contributed by atoms with Crippen LogP contribution >= 0.6 is 0 Å². The van der Waals surface area contributed by atoms with Crippen LogP contribution in [0.3, 0.4) is 0 Å². The smallest absolute Gasteiger partial charge is 0.272 e. The molecule has 1 saturated heterocycles. The van der Waals surface area contributed by atoms with Crippen LogP contribution in [0.2, 0.25) is 0 Å². The lowest BCUT2D eigenvalue weighted by atomic mass is 9.96. The summed E-state index contributed by atoms with van der Waals surface area (Å²) in [6, 6.07) is 17.9. The molecule has 6 nitrogen and oxygen atoms in total. The van der Waals surface area contributed by atoms with Crippen LogP contribution in [0.5, 0.6) is 0 Å². The van der Waals surface area contributed by atoms with Gasteiger partial charge in [0.05, 0.1) is 5.92 Å². The van der Waals surface area contributed by atoms with Crippen molar-refractivity contribution in [2.75, 3.05) is 18.4 Å². The number of benzene rings is 2. The third kappa shape index (κ3) is 4.27. The van der Waals surface area contributed by atoms with Gasteiger partial charge >= 0.3 is 0 Å². The number of rotatable bonds is 4. The van der Waals surface area contributed by atoms with Gasteiger partial charge in [-0.1, -0.05) is 42.0 Å². The molecule has 0 bridgehead atoms. The van der Waals surface area contributed by atoms with Gasteiger partial charge in [0.1, 0.15) is 5.69 Å². The van der Waals surface area contributed by atoms with Gasteiger partial charge < -0.3 is 10.2 Å². The van der Waals surface area contributed by atoms with Crippen LogP contribution in [0.1, 0.15) is 28.9 Å². The number of nitrogens with one attached hydrogen (secondary N) is 1. The van der Waals surface area contributed by atoms with Crippen molar-refractivity contribution in [1.29, 1.82) is 0 Å². The predicted octanol–water partition coefficient (Wildman–Crippen LogP) is 3.89. The molecule has 1 unspecified atom stereocenters. The van der Waals surface area contributed by atoms with E-state index >= 15 is 0 Å². The summed E-state index contributed by atoms with van der Waals surface area (Å²) in [5.41, 5.74) is 4.70. The Morgan fingerprint density at radius 2 is 1.83 bits per heavy atom. The second-order valence-corrected chi connectivity index (χ2v) is 7.87. The van der Waals surface area contributed by atoms with E-state index in [1.807, 2.05) is 30.3 Å². The van der Waals surface area contributed by atoms with E-state index in [0.717, 1.165) is 29.7 Å². The molecule has 4 rings (SSSR count). The average Bonchev–Trinajstić information content (AvgIpc) is 3.19. The summed E-state index contributed by atoms with van der Waals surface area (Å²) in [5.74, 6) is -0.341. The van der Waals surface area contributed by atoms with Crippen LogP contribution in [0.4, 0.5) is 5.69 Å². The van der Waals surface area contributed by atoms with Crippen molar-refractivity contribution in [1.82, 2.24) is 14.7 Å². The van der Waals surface area contributed by atoms with Gasteiger partial charge in [0, 0.05) is 32.0 Å². The fourth-order valence-corrected chi connectivity index (χ4v) is 3.97. The van der Waals surface area contributed by atoms with Crippen LogP contribution < -0.4 is 5.32 Å². The first kappa shape index (κ1) is 19.9. The van der Waals surface area contributed by atoms with Gasteiger partial charge in [-0.25, -0.2) is 0 Å². The first-order chi connectivity index (χ1) is 14.5. The van der Waals surface area contributed by atoms with Gasteiger partial charge in [0.15, 0.2) is 0 Å². The van der Waals surface area contributed by atoms with Crippen LogP contribution in [0.25, 0.3) is 11.1 Å². The maximum absolute atomic E-state index is 12.9. The number of hydrogen-bond acceptors (Lipinski definition) is 3. The maximum Gasteiger partial charge on any atom is 0.272 e. The summed E-state index contributed by atoms with van der Waals surface area (Å²) in [4.78, 5) is 27.5. The number of amides is 2. The largest absolute Gasteiger partial charge is 0.337 e. The van der Waals surface area contributed by atoms with Gasteiger partial charge in [0.2, 0.25) is 5.91 Å². The lowest BCUT2D eigenvalue weighted by Gasteiger charge is -2.32.